The fourth-order valence-corrected chi connectivity index (χ4v) is 7.58. The summed E-state index contributed by atoms with van der Waals surface area (Å²) in [5.41, 5.74) is 9.48. The fraction of sp³-hybridized carbons (Fsp3) is 0. The first kappa shape index (κ1) is 28.3. The molecule has 10 aromatic rings. The van der Waals surface area contributed by atoms with Crippen molar-refractivity contribution in [1.82, 2.24) is 15.0 Å². The van der Waals surface area contributed by atoms with Gasteiger partial charge in [-0.05, 0) is 108 Å². The molecule has 10 rings (SSSR count). The summed E-state index contributed by atoms with van der Waals surface area (Å²) in [6.45, 7) is 0. The molecule has 232 valence electrons. The highest BCUT2D eigenvalue weighted by molar-refractivity contribution is 6.16. The van der Waals surface area contributed by atoms with Gasteiger partial charge in [0.05, 0.1) is 16.9 Å². The number of nitrogens with zero attached hydrogens (tertiary/aromatic N) is 3. The number of pyridine rings is 3. The third-order valence-corrected chi connectivity index (χ3v) is 9.98. The Labute approximate surface area is 289 Å². The molecule has 0 saturated heterocycles. The van der Waals surface area contributed by atoms with Crippen molar-refractivity contribution in [2.75, 3.05) is 0 Å². The molecular weight excluding hydrogens is 607 g/mol. The number of hydrogen-bond donors (Lipinski definition) is 0. The molecule has 0 radical (unpaired) electrons. The second kappa shape index (κ2) is 11.5. The van der Waals surface area contributed by atoms with E-state index in [0.29, 0.717) is 0 Å². The van der Waals surface area contributed by atoms with Gasteiger partial charge >= 0.3 is 0 Å². The van der Waals surface area contributed by atoms with E-state index in [1.807, 2.05) is 18.3 Å². The lowest BCUT2D eigenvalue weighted by Crippen LogP contribution is -1.94. The van der Waals surface area contributed by atoms with Crippen LogP contribution in [0, 0.1) is 0 Å². The van der Waals surface area contributed by atoms with Gasteiger partial charge in [0, 0.05) is 40.7 Å². The normalized spacial score (nSPS) is 11.6. The van der Waals surface area contributed by atoms with Crippen molar-refractivity contribution in [2.45, 2.75) is 0 Å². The van der Waals surface area contributed by atoms with Crippen molar-refractivity contribution in [3.05, 3.63) is 176 Å². The first-order chi connectivity index (χ1) is 24.8. The van der Waals surface area contributed by atoms with Gasteiger partial charge in [0.25, 0.3) is 0 Å². The van der Waals surface area contributed by atoms with Gasteiger partial charge < -0.3 is 0 Å². The highest BCUT2D eigenvalue weighted by Crippen LogP contribution is 2.41. The van der Waals surface area contributed by atoms with Crippen molar-refractivity contribution in [3.8, 4) is 44.8 Å². The van der Waals surface area contributed by atoms with Gasteiger partial charge in [0.2, 0.25) is 0 Å². The minimum absolute atomic E-state index is 0.915. The molecule has 0 amide bonds. The summed E-state index contributed by atoms with van der Waals surface area (Å²) in [4.78, 5) is 14.5. The molecule has 0 N–H and O–H groups in total. The molecule has 0 bridgehead atoms. The molecule has 0 saturated carbocycles. The standard InChI is InChI=1S/C47H29N3/c1-3-11-35-31(9-1)25-41(39-15-7-5-13-37(35)39)33-17-20-46-44(27-33)42(34-18-19-45(49-29-34)30-21-23-48-24-22-30)28-47(50-46)43-26-32-10-2-4-12-36(32)38-14-6-8-16-40(38)43/h1-29H. The maximum absolute atomic E-state index is 5.37. The molecule has 0 atom stereocenters. The zero-order valence-electron chi connectivity index (χ0n) is 27.1. The molecule has 0 fully saturated rings. The summed E-state index contributed by atoms with van der Waals surface area (Å²) in [5, 5.41) is 10.9. The van der Waals surface area contributed by atoms with Gasteiger partial charge in [-0.25, -0.2) is 4.98 Å². The van der Waals surface area contributed by atoms with E-state index in [1.165, 1.54) is 48.7 Å². The second-order valence-electron chi connectivity index (χ2n) is 12.8. The van der Waals surface area contributed by atoms with E-state index < -0.39 is 0 Å². The van der Waals surface area contributed by atoms with Gasteiger partial charge in [-0.2, -0.15) is 0 Å². The fourth-order valence-electron chi connectivity index (χ4n) is 7.58. The lowest BCUT2D eigenvalue weighted by atomic mass is 9.90. The van der Waals surface area contributed by atoms with Crippen LogP contribution in [0.3, 0.4) is 0 Å². The minimum atomic E-state index is 0.915. The summed E-state index contributed by atoms with van der Waals surface area (Å²) in [6.07, 6.45) is 5.60. The molecule has 7 aromatic carbocycles. The largest absolute Gasteiger partial charge is 0.265 e. The van der Waals surface area contributed by atoms with Crippen molar-refractivity contribution < 1.29 is 0 Å². The van der Waals surface area contributed by atoms with Crippen LogP contribution in [-0.4, -0.2) is 15.0 Å². The number of aromatic nitrogens is 3. The summed E-state index contributed by atoms with van der Waals surface area (Å²) >= 11 is 0. The Hall–Kier alpha value is -6.71. The SMILES string of the molecule is c1ccc2c(c1)cc(-c1ccc3nc(-c4cc5ccccc5c5ccccc45)cc(-c4ccc(-c5ccncc5)nc4)c3c1)c1ccccc12. The van der Waals surface area contributed by atoms with E-state index >= 15 is 0 Å². The van der Waals surface area contributed by atoms with Crippen molar-refractivity contribution in [1.29, 1.82) is 0 Å². The lowest BCUT2D eigenvalue weighted by Gasteiger charge is -2.16. The zero-order chi connectivity index (χ0) is 33.0. The maximum Gasteiger partial charge on any atom is 0.0722 e. The summed E-state index contributed by atoms with van der Waals surface area (Å²) in [6, 6.07) is 56.5. The highest BCUT2D eigenvalue weighted by Gasteiger charge is 2.16. The van der Waals surface area contributed by atoms with E-state index in [9.17, 15) is 0 Å². The molecule has 3 nitrogen and oxygen atoms in total. The van der Waals surface area contributed by atoms with Crippen LogP contribution in [0.15, 0.2) is 176 Å². The topological polar surface area (TPSA) is 38.7 Å². The van der Waals surface area contributed by atoms with Gasteiger partial charge in [-0.3, -0.25) is 9.97 Å². The van der Waals surface area contributed by atoms with E-state index in [1.54, 1.807) is 12.4 Å². The van der Waals surface area contributed by atoms with Crippen molar-refractivity contribution >= 4 is 54.0 Å². The summed E-state index contributed by atoms with van der Waals surface area (Å²) in [5.74, 6) is 0. The van der Waals surface area contributed by atoms with Gasteiger partial charge in [-0.1, -0.05) is 109 Å². The smallest absolute Gasteiger partial charge is 0.0722 e. The predicted molar refractivity (Wildman–Crippen MR) is 209 cm³/mol. The highest BCUT2D eigenvalue weighted by atomic mass is 14.7. The molecule has 3 aromatic heterocycles. The number of hydrogen-bond acceptors (Lipinski definition) is 3. The van der Waals surface area contributed by atoms with Crippen LogP contribution in [0.4, 0.5) is 0 Å². The second-order valence-corrected chi connectivity index (χ2v) is 12.8. The first-order valence-corrected chi connectivity index (χ1v) is 16.9. The molecule has 3 heterocycles. The lowest BCUT2D eigenvalue weighted by molar-refractivity contribution is 1.29. The summed E-state index contributed by atoms with van der Waals surface area (Å²) in [7, 11) is 0. The van der Waals surface area contributed by atoms with Crippen LogP contribution in [0.5, 0.6) is 0 Å². The molecular formula is C47H29N3. The average molecular weight is 636 g/mol. The van der Waals surface area contributed by atoms with E-state index in [-0.39, 0.29) is 0 Å². The Morgan fingerprint density at radius 1 is 0.340 bits per heavy atom. The molecule has 0 spiro atoms. The zero-order valence-corrected chi connectivity index (χ0v) is 27.1. The van der Waals surface area contributed by atoms with Crippen molar-refractivity contribution in [3.63, 3.8) is 0 Å². The molecule has 0 unspecified atom stereocenters. The van der Waals surface area contributed by atoms with E-state index in [2.05, 4.69) is 151 Å². The third-order valence-electron chi connectivity index (χ3n) is 9.98. The Morgan fingerprint density at radius 2 is 0.900 bits per heavy atom. The average Bonchev–Trinajstić information content (AvgIpc) is 3.20. The molecule has 0 aliphatic carbocycles. The van der Waals surface area contributed by atoms with Crippen molar-refractivity contribution in [2.24, 2.45) is 0 Å². The summed E-state index contributed by atoms with van der Waals surface area (Å²) < 4.78 is 0. The van der Waals surface area contributed by atoms with Crippen LogP contribution in [-0.2, 0) is 0 Å². The number of benzene rings is 7. The Kier molecular flexibility index (Phi) is 6.49. The molecule has 3 heteroatoms. The van der Waals surface area contributed by atoms with Gasteiger partial charge in [0.15, 0.2) is 0 Å². The van der Waals surface area contributed by atoms with Crippen LogP contribution < -0.4 is 0 Å². The molecule has 50 heavy (non-hydrogen) atoms. The Morgan fingerprint density at radius 3 is 1.56 bits per heavy atom. The van der Waals surface area contributed by atoms with Crippen LogP contribution >= 0.6 is 0 Å². The predicted octanol–water partition coefficient (Wildman–Crippen LogP) is 12.3. The van der Waals surface area contributed by atoms with Crippen LogP contribution in [0.25, 0.3) is 98.8 Å². The van der Waals surface area contributed by atoms with E-state index in [0.717, 1.165) is 50.1 Å². The minimum Gasteiger partial charge on any atom is -0.265 e. The maximum atomic E-state index is 5.37. The molecule has 0 aliphatic heterocycles. The quantitative estimate of drug-likeness (QED) is 0.181. The third kappa shape index (κ3) is 4.63. The number of fused-ring (bicyclic) bond motifs is 7. The number of rotatable bonds is 4. The first-order valence-electron chi connectivity index (χ1n) is 16.9. The van der Waals surface area contributed by atoms with E-state index in [4.69, 9.17) is 9.97 Å². The molecule has 0 aliphatic rings. The van der Waals surface area contributed by atoms with Gasteiger partial charge in [0.1, 0.15) is 0 Å². The Balaban J connectivity index is 1.23. The van der Waals surface area contributed by atoms with Gasteiger partial charge in [-0.15, -0.1) is 0 Å². The monoisotopic (exact) mass is 635 g/mol. The Bertz CT molecular complexity index is 2910. The van der Waals surface area contributed by atoms with Crippen LogP contribution in [0.1, 0.15) is 0 Å². The van der Waals surface area contributed by atoms with Crippen LogP contribution in [0.2, 0.25) is 0 Å².